The molecule has 0 atom stereocenters. The van der Waals surface area contributed by atoms with E-state index in [2.05, 4.69) is 6.58 Å². The predicted molar refractivity (Wildman–Crippen MR) is 45.2 cm³/mol. The summed E-state index contributed by atoms with van der Waals surface area (Å²) in [5.74, 6) is -0.504. The number of Topliss-reactive ketones (excluding diaryl/α,β-unsaturated/α-hetero) is 1. The number of hydrogen-bond donors (Lipinski definition) is 0. The highest BCUT2D eigenvalue weighted by molar-refractivity contribution is 6.03. The number of halogens is 1. The SMILES string of the molecule is C=C[CH]C(=O)c1ccc(F)cc1. The second kappa shape index (κ2) is 3.81. The zero-order valence-electron chi connectivity index (χ0n) is 6.46. The first kappa shape index (κ1) is 8.65. The fourth-order valence-electron chi connectivity index (χ4n) is 0.817. The van der Waals surface area contributed by atoms with Crippen molar-refractivity contribution in [1.82, 2.24) is 0 Å². The van der Waals surface area contributed by atoms with Crippen molar-refractivity contribution in [1.29, 1.82) is 0 Å². The molecule has 61 valence electrons. The van der Waals surface area contributed by atoms with Gasteiger partial charge in [0, 0.05) is 5.56 Å². The number of ketones is 1. The van der Waals surface area contributed by atoms with E-state index in [4.69, 9.17) is 0 Å². The van der Waals surface area contributed by atoms with Gasteiger partial charge in [0.2, 0.25) is 0 Å². The first-order chi connectivity index (χ1) is 5.74. The second-order valence-corrected chi connectivity index (χ2v) is 2.27. The molecule has 0 aliphatic heterocycles. The van der Waals surface area contributed by atoms with Gasteiger partial charge in [0.1, 0.15) is 5.82 Å². The van der Waals surface area contributed by atoms with Crippen LogP contribution in [0.4, 0.5) is 4.39 Å². The number of carbonyl (C=O) groups excluding carboxylic acids is 1. The van der Waals surface area contributed by atoms with Crippen molar-refractivity contribution in [3.05, 3.63) is 54.7 Å². The Morgan fingerprint density at radius 2 is 1.92 bits per heavy atom. The molecule has 1 nitrogen and oxygen atoms in total. The lowest BCUT2D eigenvalue weighted by molar-refractivity contribution is 0.103. The van der Waals surface area contributed by atoms with Crippen molar-refractivity contribution >= 4 is 5.78 Å². The van der Waals surface area contributed by atoms with Crippen molar-refractivity contribution in [3.63, 3.8) is 0 Å². The summed E-state index contributed by atoms with van der Waals surface area (Å²) >= 11 is 0. The zero-order chi connectivity index (χ0) is 8.97. The highest BCUT2D eigenvalue weighted by atomic mass is 19.1. The summed E-state index contributed by atoms with van der Waals surface area (Å²) in [5.41, 5.74) is 0.469. The third kappa shape index (κ3) is 2.02. The molecule has 0 aliphatic carbocycles. The number of benzene rings is 1. The van der Waals surface area contributed by atoms with Crippen molar-refractivity contribution in [2.45, 2.75) is 0 Å². The van der Waals surface area contributed by atoms with E-state index in [1.165, 1.54) is 36.8 Å². The summed E-state index contributed by atoms with van der Waals surface area (Å²) in [4.78, 5) is 11.1. The molecule has 0 heterocycles. The standard InChI is InChI=1S/C10H8FO/c1-2-3-10(12)8-4-6-9(11)7-5-8/h2-7H,1H2. The molecule has 0 bridgehead atoms. The van der Waals surface area contributed by atoms with Gasteiger partial charge in [-0.15, -0.1) is 6.58 Å². The topological polar surface area (TPSA) is 17.1 Å². The first-order valence-corrected chi connectivity index (χ1v) is 3.49. The van der Waals surface area contributed by atoms with E-state index < -0.39 is 0 Å². The molecule has 0 amide bonds. The van der Waals surface area contributed by atoms with Crippen LogP contribution in [-0.4, -0.2) is 5.78 Å². The molecule has 1 radical (unpaired) electrons. The molecule has 0 N–H and O–H groups in total. The molecule has 0 unspecified atom stereocenters. The van der Waals surface area contributed by atoms with Crippen LogP contribution < -0.4 is 0 Å². The number of rotatable bonds is 3. The van der Waals surface area contributed by atoms with Gasteiger partial charge in [0.25, 0.3) is 0 Å². The van der Waals surface area contributed by atoms with Gasteiger partial charge in [-0.2, -0.15) is 0 Å². The van der Waals surface area contributed by atoms with E-state index in [-0.39, 0.29) is 11.6 Å². The van der Waals surface area contributed by atoms with E-state index in [0.717, 1.165) is 0 Å². The van der Waals surface area contributed by atoms with Crippen molar-refractivity contribution < 1.29 is 9.18 Å². The Bertz CT molecular complexity index is 287. The van der Waals surface area contributed by atoms with Crippen LogP contribution in [-0.2, 0) is 0 Å². The molecule has 0 fully saturated rings. The van der Waals surface area contributed by atoms with E-state index in [1.807, 2.05) is 0 Å². The molecule has 12 heavy (non-hydrogen) atoms. The van der Waals surface area contributed by atoms with Gasteiger partial charge >= 0.3 is 0 Å². The Kier molecular flexibility index (Phi) is 2.75. The summed E-state index contributed by atoms with van der Waals surface area (Å²) in [7, 11) is 0. The minimum Gasteiger partial charge on any atom is -0.293 e. The highest BCUT2D eigenvalue weighted by Crippen LogP contribution is 2.05. The summed E-state index contributed by atoms with van der Waals surface area (Å²) in [6.07, 6.45) is 2.75. The molecule has 0 aromatic heterocycles. The van der Waals surface area contributed by atoms with Crippen LogP contribution in [0, 0.1) is 12.2 Å². The Hall–Kier alpha value is -1.44. The van der Waals surface area contributed by atoms with Crippen LogP contribution in [0.1, 0.15) is 10.4 Å². The Morgan fingerprint density at radius 3 is 2.42 bits per heavy atom. The van der Waals surface area contributed by atoms with Gasteiger partial charge in [0.05, 0.1) is 6.42 Å². The van der Waals surface area contributed by atoms with Crippen molar-refractivity contribution in [2.24, 2.45) is 0 Å². The quantitative estimate of drug-likeness (QED) is 0.625. The Labute approximate surface area is 70.5 Å². The Balaban J connectivity index is 2.82. The predicted octanol–water partition coefficient (Wildman–Crippen LogP) is 2.40. The molecule has 0 aliphatic rings. The van der Waals surface area contributed by atoms with Gasteiger partial charge in [-0.3, -0.25) is 4.79 Å². The summed E-state index contributed by atoms with van der Waals surface area (Å²) in [6, 6.07) is 5.39. The third-order valence-electron chi connectivity index (χ3n) is 1.40. The van der Waals surface area contributed by atoms with E-state index in [0.29, 0.717) is 5.56 Å². The van der Waals surface area contributed by atoms with Crippen LogP contribution in [0.2, 0.25) is 0 Å². The van der Waals surface area contributed by atoms with Gasteiger partial charge in [0.15, 0.2) is 5.78 Å². The van der Waals surface area contributed by atoms with Crippen LogP contribution in [0.3, 0.4) is 0 Å². The normalized spacial score (nSPS) is 9.42. The van der Waals surface area contributed by atoms with Crippen LogP contribution >= 0.6 is 0 Å². The van der Waals surface area contributed by atoms with Crippen LogP contribution in [0.5, 0.6) is 0 Å². The fraction of sp³-hybridized carbons (Fsp3) is 0. The van der Waals surface area contributed by atoms with E-state index in [1.54, 1.807) is 0 Å². The molecule has 1 aromatic carbocycles. The molecular weight excluding hydrogens is 155 g/mol. The largest absolute Gasteiger partial charge is 0.293 e. The maximum absolute atomic E-state index is 12.4. The van der Waals surface area contributed by atoms with Crippen LogP contribution in [0.25, 0.3) is 0 Å². The smallest absolute Gasteiger partial charge is 0.170 e. The zero-order valence-corrected chi connectivity index (χ0v) is 6.46. The second-order valence-electron chi connectivity index (χ2n) is 2.27. The van der Waals surface area contributed by atoms with Crippen molar-refractivity contribution in [3.8, 4) is 0 Å². The lowest BCUT2D eigenvalue weighted by Crippen LogP contribution is -1.97. The average Bonchev–Trinajstić information content (AvgIpc) is 2.06. The minimum atomic E-state index is -0.342. The molecule has 1 aromatic rings. The number of allylic oxidation sites excluding steroid dienone is 1. The molecule has 0 spiro atoms. The monoisotopic (exact) mass is 163 g/mol. The number of carbonyl (C=O) groups is 1. The average molecular weight is 163 g/mol. The maximum Gasteiger partial charge on any atom is 0.170 e. The summed E-state index contributed by atoms with van der Waals surface area (Å²) in [6.45, 7) is 3.39. The molecular formula is C10H8FO. The van der Waals surface area contributed by atoms with Crippen LogP contribution in [0.15, 0.2) is 36.9 Å². The van der Waals surface area contributed by atoms with Gasteiger partial charge in [-0.25, -0.2) is 4.39 Å². The lowest BCUT2D eigenvalue weighted by Gasteiger charge is -1.95. The molecule has 0 saturated heterocycles. The Morgan fingerprint density at radius 1 is 1.33 bits per heavy atom. The van der Waals surface area contributed by atoms with Gasteiger partial charge in [-0.05, 0) is 24.3 Å². The maximum atomic E-state index is 12.4. The number of hydrogen-bond acceptors (Lipinski definition) is 1. The van der Waals surface area contributed by atoms with E-state index in [9.17, 15) is 9.18 Å². The van der Waals surface area contributed by atoms with Gasteiger partial charge in [-0.1, -0.05) is 6.08 Å². The minimum absolute atomic E-state index is 0.162. The van der Waals surface area contributed by atoms with Gasteiger partial charge < -0.3 is 0 Å². The van der Waals surface area contributed by atoms with Crippen molar-refractivity contribution in [2.75, 3.05) is 0 Å². The summed E-state index contributed by atoms with van der Waals surface area (Å²) in [5, 5.41) is 0. The molecule has 1 rings (SSSR count). The third-order valence-corrected chi connectivity index (χ3v) is 1.40. The van der Waals surface area contributed by atoms with E-state index >= 15 is 0 Å². The molecule has 2 heteroatoms. The summed E-state index contributed by atoms with van der Waals surface area (Å²) < 4.78 is 12.4. The fourth-order valence-corrected chi connectivity index (χ4v) is 0.817. The first-order valence-electron chi connectivity index (χ1n) is 3.49. The molecule has 0 saturated carbocycles. The highest BCUT2D eigenvalue weighted by Gasteiger charge is 2.02. The lowest BCUT2D eigenvalue weighted by atomic mass is 10.1.